The van der Waals surface area contributed by atoms with Crippen molar-refractivity contribution < 1.29 is 24.5 Å². The number of hydrogen-bond acceptors (Lipinski definition) is 4. The number of carboxylic acids is 1. The summed E-state index contributed by atoms with van der Waals surface area (Å²) < 4.78 is 5.31. The van der Waals surface area contributed by atoms with Gasteiger partial charge in [-0.2, -0.15) is 0 Å². The van der Waals surface area contributed by atoms with E-state index in [1.807, 2.05) is 0 Å². The second-order valence-corrected chi connectivity index (χ2v) is 4.97. The van der Waals surface area contributed by atoms with E-state index in [4.69, 9.17) is 9.84 Å². The number of ether oxygens (including phenoxy) is 1. The maximum Gasteiger partial charge on any atom is 0.306 e. The van der Waals surface area contributed by atoms with Gasteiger partial charge in [0.25, 0.3) is 0 Å². The third kappa shape index (κ3) is 2.77. The molecule has 0 aromatic rings. The Hall–Kier alpha value is -1.10. The molecule has 0 aromatic carbocycles. The zero-order valence-electron chi connectivity index (χ0n) is 9.67. The minimum atomic E-state index is -0.984. The lowest BCUT2D eigenvalue weighted by Gasteiger charge is -2.19. The van der Waals surface area contributed by atoms with Gasteiger partial charge in [0.15, 0.2) is 0 Å². The van der Waals surface area contributed by atoms with Crippen LogP contribution in [0.1, 0.15) is 38.5 Å². The van der Waals surface area contributed by atoms with E-state index >= 15 is 0 Å². The summed E-state index contributed by atoms with van der Waals surface area (Å²) in [6, 6.07) is 0. The summed E-state index contributed by atoms with van der Waals surface area (Å²) in [4.78, 5) is 21.8. The van der Waals surface area contributed by atoms with Crippen LogP contribution < -0.4 is 0 Å². The maximum absolute atomic E-state index is 11.4. The number of aliphatic hydroxyl groups is 1. The second kappa shape index (κ2) is 5.04. The number of esters is 1. The Morgan fingerprint density at radius 1 is 1.06 bits per heavy atom. The number of fused-ring (bicyclic) bond motifs is 1. The largest absolute Gasteiger partial charge is 0.481 e. The van der Waals surface area contributed by atoms with Gasteiger partial charge in [-0.25, -0.2) is 0 Å². The van der Waals surface area contributed by atoms with Crippen LogP contribution in [0.2, 0.25) is 0 Å². The van der Waals surface area contributed by atoms with Gasteiger partial charge in [-0.05, 0) is 31.6 Å². The zero-order chi connectivity index (χ0) is 12.4. The number of carbonyl (C=O) groups excluding carboxylic acids is 1. The molecule has 2 N–H and O–H groups in total. The molecule has 0 aliphatic heterocycles. The average molecular weight is 242 g/mol. The molecular weight excluding hydrogens is 224 g/mol. The highest BCUT2D eigenvalue weighted by atomic mass is 16.5. The summed E-state index contributed by atoms with van der Waals surface area (Å²) in [6.07, 6.45) is 2.80. The van der Waals surface area contributed by atoms with E-state index in [0.29, 0.717) is 0 Å². The van der Waals surface area contributed by atoms with Gasteiger partial charge in [-0.1, -0.05) is 0 Å². The monoisotopic (exact) mass is 242 g/mol. The summed E-state index contributed by atoms with van der Waals surface area (Å²) in [7, 11) is 0. The Morgan fingerprint density at radius 3 is 2.47 bits per heavy atom. The molecule has 0 bridgehead atoms. The molecule has 0 aromatic heterocycles. The van der Waals surface area contributed by atoms with E-state index in [-0.39, 0.29) is 36.9 Å². The van der Waals surface area contributed by atoms with Crippen molar-refractivity contribution in [1.29, 1.82) is 0 Å². The van der Waals surface area contributed by atoms with Crippen LogP contribution in [0.15, 0.2) is 0 Å². The molecule has 0 spiro atoms. The van der Waals surface area contributed by atoms with E-state index < -0.39 is 11.9 Å². The molecule has 2 aliphatic rings. The Bertz CT molecular complexity index is 314. The Labute approximate surface area is 99.8 Å². The van der Waals surface area contributed by atoms with Crippen LogP contribution in [-0.2, 0) is 14.3 Å². The van der Waals surface area contributed by atoms with E-state index in [1.54, 1.807) is 0 Å². The minimum Gasteiger partial charge on any atom is -0.481 e. The highest BCUT2D eigenvalue weighted by molar-refractivity contribution is 5.76. The van der Waals surface area contributed by atoms with Crippen molar-refractivity contribution in [2.75, 3.05) is 0 Å². The lowest BCUT2D eigenvalue weighted by atomic mass is 9.98. The Kier molecular flexibility index (Phi) is 3.66. The quantitative estimate of drug-likeness (QED) is 0.717. The maximum atomic E-state index is 11.4. The number of aliphatic carboxylic acids is 1. The van der Waals surface area contributed by atoms with Gasteiger partial charge in [-0.3, -0.25) is 9.59 Å². The summed E-state index contributed by atoms with van der Waals surface area (Å²) >= 11 is 0. The van der Waals surface area contributed by atoms with Gasteiger partial charge >= 0.3 is 11.9 Å². The summed E-state index contributed by atoms with van der Waals surface area (Å²) in [6.45, 7) is 0. The predicted octanol–water partition coefficient (Wildman–Crippen LogP) is 0.944. The van der Waals surface area contributed by atoms with Crippen LogP contribution in [0.5, 0.6) is 0 Å². The first kappa shape index (κ1) is 12.4. The zero-order valence-corrected chi connectivity index (χ0v) is 9.67. The molecule has 2 fully saturated rings. The molecule has 4 atom stereocenters. The molecule has 0 unspecified atom stereocenters. The average Bonchev–Trinajstić information content (AvgIpc) is 2.81. The first-order valence-electron chi connectivity index (χ1n) is 6.17. The molecule has 0 saturated heterocycles. The van der Waals surface area contributed by atoms with Gasteiger partial charge in [0, 0.05) is 5.92 Å². The van der Waals surface area contributed by atoms with E-state index in [1.165, 1.54) is 0 Å². The van der Waals surface area contributed by atoms with Gasteiger partial charge in [-0.15, -0.1) is 0 Å². The third-order valence-corrected chi connectivity index (χ3v) is 3.93. The van der Waals surface area contributed by atoms with Gasteiger partial charge in [0.05, 0.1) is 18.9 Å². The highest BCUT2D eigenvalue weighted by Gasteiger charge is 2.45. The Balaban J connectivity index is 1.80. The van der Waals surface area contributed by atoms with E-state index in [9.17, 15) is 14.7 Å². The van der Waals surface area contributed by atoms with Crippen LogP contribution in [0.3, 0.4) is 0 Å². The van der Waals surface area contributed by atoms with Gasteiger partial charge in [0.2, 0.25) is 0 Å². The first-order chi connectivity index (χ1) is 8.08. The molecule has 5 nitrogen and oxygen atoms in total. The third-order valence-electron chi connectivity index (χ3n) is 3.93. The fraction of sp³-hybridized carbons (Fsp3) is 0.833. The van der Waals surface area contributed by atoms with Crippen molar-refractivity contribution in [3.8, 4) is 0 Å². The van der Waals surface area contributed by atoms with Crippen LogP contribution in [0.25, 0.3) is 0 Å². The minimum absolute atomic E-state index is 0.0637. The van der Waals surface area contributed by atoms with Crippen molar-refractivity contribution in [2.45, 2.75) is 50.7 Å². The number of rotatable bonds is 4. The molecular formula is C12H18O5. The normalized spacial score (nSPS) is 35.6. The highest BCUT2D eigenvalue weighted by Crippen LogP contribution is 2.45. The smallest absolute Gasteiger partial charge is 0.306 e. The van der Waals surface area contributed by atoms with Crippen molar-refractivity contribution in [2.24, 2.45) is 11.8 Å². The van der Waals surface area contributed by atoms with Crippen molar-refractivity contribution in [3.05, 3.63) is 0 Å². The van der Waals surface area contributed by atoms with E-state index in [0.717, 1.165) is 25.7 Å². The lowest BCUT2D eigenvalue weighted by molar-refractivity contribution is -0.153. The second-order valence-electron chi connectivity index (χ2n) is 4.97. The summed E-state index contributed by atoms with van der Waals surface area (Å²) in [5.74, 6) is -0.868. The predicted molar refractivity (Wildman–Crippen MR) is 58.2 cm³/mol. The topological polar surface area (TPSA) is 83.8 Å². The molecule has 5 heteroatoms. The Morgan fingerprint density at radius 2 is 1.76 bits per heavy atom. The number of carboxylic acid groups (broad SMARTS) is 1. The SMILES string of the molecule is O=C(O)CCC(=O)O[C@@H]1CC[C@H]2[C@@H]1CC[C@H]2O. The summed E-state index contributed by atoms with van der Waals surface area (Å²) in [5.41, 5.74) is 0. The van der Waals surface area contributed by atoms with Gasteiger partial charge in [0.1, 0.15) is 6.10 Å². The summed E-state index contributed by atoms with van der Waals surface area (Å²) in [5, 5.41) is 18.2. The van der Waals surface area contributed by atoms with Gasteiger partial charge < -0.3 is 14.9 Å². The van der Waals surface area contributed by atoms with Crippen LogP contribution in [0.4, 0.5) is 0 Å². The van der Waals surface area contributed by atoms with Crippen LogP contribution in [-0.4, -0.2) is 34.4 Å². The lowest BCUT2D eigenvalue weighted by Crippen LogP contribution is -2.24. The number of aliphatic hydroxyl groups excluding tert-OH is 1. The molecule has 0 radical (unpaired) electrons. The molecule has 2 saturated carbocycles. The molecule has 0 amide bonds. The van der Waals surface area contributed by atoms with Crippen LogP contribution >= 0.6 is 0 Å². The molecule has 2 aliphatic carbocycles. The number of carbonyl (C=O) groups is 2. The fourth-order valence-corrected chi connectivity index (χ4v) is 3.10. The van der Waals surface area contributed by atoms with Crippen molar-refractivity contribution >= 4 is 11.9 Å². The van der Waals surface area contributed by atoms with Crippen molar-refractivity contribution in [3.63, 3.8) is 0 Å². The fourth-order valence-electron chi connectivity index (χ4n) is 3.10. The molecule has 17 heavy (non-hydrogen) atoms. The standard InChI is InChI=1S/C12H18O5/c13-9-3-1-8-7(9)2-4-10(8)17-12(16)6-5-11(14)15/h7-10,13H,1-6H2,(H,14,15)/t7-,8-,9+,10+/m0/s1. The first-order valence-corrected chi connectivity index (χ1v) is 6.17. The molecule has 96 valence electrons. The number of hydrogen-bond donors (Lipinski definition) is 2. The molecule has 0 heterocycles. The van der Waals surface area contributed by atoms with E-state index in [2.05, 4.69) is 0 Å². The van der Waals surface area contributed by atoms with Crippen molar-refractivity contribution in [1.82, 2.24) is 0 Å². The van der Waals surface area contributed by atoms with Crippen LogP contribution in [0, 0.1) is 11.8 Å². The molecule has 2 rings (SSSR count).